The minimum Gasteiger partial charge on any atom is -0.454 e. The first kappa shape index (κ1) is 19.5. The van der Waals surface area contributed by atoms with Crippen LogP contribution in [0.2, 0.25) is 5.02 Å². The number of halogens is 1. The Morgan fingerprint density at radius 2 is 1.86 bits per heavy atom. The second-order valence-corrected chi connectivity index (χ2v) is 9.62. The number of hydrogen-bond donors (Lipinski definition) is 1. The summed E-state index contributed by atoms with van der Waals surface area (Å²) in [5.74, 6) is -0.344. The van der Waals surface area contributed by atoms with E-state index in [1.807, 2.05) is 0 Å². The number of carbonyl (C=O) groups is 2. The van der Waals surface area contributed by atoms with Crippen molar-refractivity contribution in [1.29, 1.82) is 0 Å². The first-order chi connectivity index (χ1) is 13.6. The molecule has 29 heavy (non-hydrogen) atoms. The molecule has 4 rings (SSSR count). The lowest BCUT2D eigenvalue weighted by molar-refractivity contribution is -0.123. The molecule has 1 N–H and O–H groups in total. The van der Waals surface area contributed by atoms with Crippen molar-refractivity contribution in [3.8, 4) is 11.5 Å². The number of nitrogens with zero attached hydrogens (tertiary/aromatic N) is 1. The van der Waals surface area contributed by atoms with E-state index in [-0.39, 0.29) is 28.8 Å². The van der Waals surface area contributed by atoms with Gasteiger partial charge in [-0.3, -0.25) is 9.59 Å². The van der Waals surface area contributed by atoms with E-state index in [4.69, 9.17) is 21.1 Å². The van der Waals surface area contributed by atoms with Crippen LogP contribution < -0.4 is 19.1 Å². The molecule has 2 heterocycles. The van der Waals surface area contributed by atoms with Gasteiger partial charge < -0.3 is 14.8 Å². The van der Waals surface area contributed by atoms with Crippen LogP contribution in [0.4, 0.5) is 11.4 Å². The van der Waals surface area contributed by atoms with E-state index in [2.05, 4.69) is 5.32 Å². The van der Waals surface area contributed by atoms with Crippen molar-refractivity contribution < 1.29 is 27.5 Å². The highest BCUT2D eigenvalue weighted by molar-refractivity contribution is 7.94. The normalized spacial score (nSPS) is 18.7. The molecule has 0 saturated carbocycles. The van der Waals surface area contributed by atoms with E-state index in [1.165, 1.54) is 18.2 Å². The fourth-order valence-corrected chi connectivity index (χ4v) is 5.55. The number of benzene rings is 2. The minimum atomic E-state index is -3.84. The number of sulfonamides is 1. The third-order valence-electron chi connectivity index (χ3n) is 4.64. The van der Waals surface area contributed by atoms with Crippen LogP contribution in [0.25, 0.3) is 0 Å². The van der Waals surface area contributed by atoms with E-state index >= 15 is 0 Å². The third-order valence-corrected chi connectivity index (χ3v) is 6.99. The Balaban J connectivity index is 1.65. The quantitative estimate of drug-likeness (QED) is 0.793. The Kier molecular flexibility index (Phi) is 4.47. The van der Waals surface area contributed by atoms with Crippen molar-refractivity contribution in [3.63, 3.8) is 0 Å². The van der Waals surface area contributed by atoms with Gasteiger partial charge in [-0.25, -0.2) is 12.7 Å². The number of rotatable bonds is 3. The summed E-state index contributed by atoms with van der Waals surface area (Å²) in [5, 5.41) is 2.80. The molecule has 0 aromatic heterocycles. The zero-order valence-corrected chi connectivity index (χ0v) is 17.1. The van der Waals surface area contributed by atoms with Crippen LogP contribution in [0.5, 0.6) is 11.5 Å². The molecule has 0 bridgehead atoms. The standard InChI is InChI=1S/C19H17ClN2O6S/c1-19(2)9-29(25,26)22(18(19)24)12-4-5-14(20)13(8-12)17(23)21-11-3-6-15-16(7-11)28-10-27-15/h3-8H,9-10H2,1-2H3,(H,21,23). The van der Waals surface area contributed by atoms with Gasteiger partial charge in [0.25, 0.3) is 5.91 Å². The van der Waals surface area contributed by atoms with Crippen molar-refractivity contribution in [2.45, 2.75) is 13.8 Å². The van der Waals surface area contributed by atoms with Crippen LogP contribution in [0.3, 0.4) is 0 Å². The average Bonchev–Trinajstić information content (AvgIpc) is 3.15. The molecule has 0 spiro atoms. The highest BCUT2D eigenvalue weighted by Crippen LogP contribution is 2.37. The summed E-state index contributed by atoms with van der Waals surface area (Å²) in [6.45, 7) is 3.24. The fraction of sp³-hybridized carbons (Fsp3) is 0.263. The summed E-state index contributed by atoms with van der Waals surface area (Å²) < 4.78 is 36.2. The van der Waals surface area contributed by atoms with Crippen molar-refractivity contribution >= 4 is 44.8 Å². The van der Waals surface area contributed by atoms with E-state index in [0.29, 0.717) is 17.2 Å². The number of amides is 2. The number of nitrogens with one attached hydrogen (secondary N) is 1. The molecular formula is C19H17ClN2O6S. The molecular weight excluding hydrogens is 420 g/mol. The van der Waals surface area contributed by atoms with Gasteiger partial charge in [0.1, 0.15) is 0 Å². The molecule has 0 aliphatic carbocycles. The van der Waals surface area contributed by atoms with E-state index in [1.54, 1.807) is 32.0 Å². The number of carbonyl (C=O) groups excluding carboxylic acids is 2. The maximum Gasteiger partial charge on any atom is 0.257 e. The molecule has 2 amide bonds. The van der Waals surface area contributed by atoms with Gasteiger partial charge in [0.15, 0.2) is 11.5 Å². The summed E-state index contributed by atoms with van der Waals surface area (Å²) >= 11 is 6.16. The van der Waals surface area contributed by atoms with Crippen LogP contribution in [0.1, 0.15) is 24.2 Å². The highest BCUT2D eigenvalue weighted by atomic mass is 35.5. The largest absolute Gasteiger partial charge is 0.454 e. The summed E-state index contributed by atoms with van der Waals surface area (Å²) in [6, 6.07) is 8.99. The fourth-order valence-electron chi connectivity index (χ4n) is 3.25. The predicted octanol–water partition coefficient (Wildman–Crippen LogP) is 3.02. The summed E-state index contributed by atoms with van der Waals surface area (Å²) in [4.78, 5) is 25.3. The van der Waals surface area contributed by atoms with Crippen molar-refractivity contribution in [3.05, 3.63) is 47.0 Å². The van der Waals surface area contributed by atoms with Gasteiger partial charge >= 0.3 is 0 Å². The molecule has 0 unspecified atom stereocenters. The van der Waals surface area contributed by atoms with Gasteiger partial charge in [0.2, 0.25) is 22.7 Å². The Bertz CT molecular complexity index is 1150. The van der Waals surface area contributed by atoms with Crippen molar-refractivity contribution in [1.82, 2.24) is 0 Å². The second kappa shape index (κ2) is 6.64. The molecule has 2 aromatic rings. The lowest BCUT2D eigenvalue weighted by Gasteiger charge is -2.18. The Labute approximate surface area is 172 Å². The third kappa shape index (κ3) is 3.40. The van der Waals surface area contributed by atoms with Crippen molar-refractivity contribution in [2.75, 3.05) is 22.2 Å². The Morgan fingerprint density at radius 1 is 1.14 bits per heavy atom. The van der Waals surface area contributed by atoms with Gasteiger partial charge in [0, 0.05) is 11.8 Å². The first-order valence-corrected chi connectivity index (χ1v) is 10.7. The number of ether oxygens (including phenoxy) is 2. The molecule has 2 aliphatic heterocycles. The van der Waals surface area contributed by atoms with Crippen LogP contribution in [-0.2, 0) is 14.8 Å². The Hall–Kier alpha value is -2.78. The molecule has 2 aliphatic rings. The highest BCUT2D eigenvalue weighted by Gasteiger charge is 2.50. The lowest BCUT2D eigenvalue weighted by atomic mass is 9.95. The smallest absolute Gasteiger partial charge is 0.257 e. The maximum absolute atomic E-state index is 12.8. The molecule has 10 heteroatoms. The molecule has 8 nitrogen and oxygen atoms in total. The van der Waals surface area contributed by atoms with Crippen LogP contribution in [0.15, 0.2) is 36.4 Å². The topological polar surface area (TPSA) is 102 Å². The van der Waals surface area contributed by atoms with E-state index < -0.39 is 27.3 Å². The van der Waals surface area contributed by atoms with Crippen LogP contribution >= 0.6 is 11.6 Å². The first-order valence-electron chi connectivity index (χ1n) is 8.66. The Morgan fingerprint density at radius 3 is 2.55 bits per heavy atom. The average molecular weight is 437 g/mol. The predicted molar refractivity (Wildman–Crippen MR) is 107 cm³/mol. The molecule has 0 radical (unpaired) electrons. The second-order valence-electron chi connectivity index (χ2n) is 7.40. The van der Waals surface area contributed by atoms with Gasteiger partial charge in [-0.1, -0.05) is 11.6 Å². The van der Waals surface area contributed by atoms with E-state index in [0.717, 1.165) is 4.31 Å². The van der Waals surface area contributed by atoms with E-state index in [9.17, 15) is 18.0 Å². The zero-order valence-electron chi connectivity index (χ0n) is 15.6. The lowest BCUT2D eigenvalue weighted by Crippen LogP contribution is -2.33. The van der Waals surface area contributed by atoms with Gasteiger partial charge in [-0.15, -0.1) is 0 Å². The monoisotopic (exact) mass is 436 g/mol. The van der Waals surface area contributed by atoms with Crippen LogP contribution in [-0.4, -0.2) is 32.8 Å². The minimum absolute atomic E-state index is 0.0366. The molecule has 152 valence electrons. The molecule has 0 atom stereocenters. The zero-order chi connectivity index (χ0) is 21.0. The van der Waals surface area contributed by atoms with Crippen LogP contribution in [0, 0.1) is 5.41 Å². The maximum atomic E-state index is 12.8. The molecule has 1 fully saturated rings. The molecule has 2 aromatic carbocycles. The van der Waals surface area contributed by atoms with Gasteiger partial charge in [-0.05, 0) is 44.2 Å². The van der Waals surface area contributed by atoms with Crippen molar-refractivity contribution in [2.24, 2.45) is 5.41 Å². The summed E-state index contributed by atoms with van der Waals surface area (Å²) in [5.41, 5.74) is -0.491. The number of fused-ring (bicyclic) bond motifs is 1. The summed E-state index contributed by atoms with van der Waals surface area (Å²) in [7, 11) is -3.84. The van der Waals surface area contributed by atoms with Gasteiger partial charge in [0.05, 0.1) is 27.4 Å². The molecule has 1 saturated heterocycles. The number of anilines is 2. The summed E-state index contributed by atoms with van der Waals surface area (Å²) in [6.07, 6.45) is 0. The SMILES string of the molecule is CC1(C)CS(=O)(=O)N(c2ccc(Cl)c(C(=O)Nc3ccc4c(c3)OCO4)c2)C1=O. The number of hydrogen-bond acceptors (Lipinski definition) is 6. The van der Waals surface area contributed by atoms with Gasteiger partial charge in [-0.2, -0.15) is 0 Å².